The number of alkyl halides is 3. The summed E-state index contributed by atoms with van der Waals surface area (Å²) in [5.41, 5.74) is -2.02. The number of carbonyl (C=O) groups excluding carboxylic acids is 4. The summed E-state index contributed by atoms with van der Waals surface area (Å²) in [6.45, 7) is 13.7. The van der Waals surface area contributed by atoms with Gasteiger partial charge in [-0.1, -0.05) is 55.1 Å². The van der Waals surface area contributed by atoms with Crippen molar-refractivity contribution in [3.63, 3.8) is 0 Å². The van der Waals surface area contributed by atoms with Gasteiger partial charge in [0, 0.05) is 23.3 Å². The molecule has 0 radical (unpaired) electrons. The molecule has 1 heterocycles. The molecule has 3 atom stereocenters. The quantitative estimate of drug-likeness (QED) is 0.164. The van der Waals surface area contributed by atoms with Crippen LogP contribution in [-0.2, 0) is 36.5 Å². The van der Waals surface area contributed by atoms with E-state index in [2.05, 4.69) is 34.3 Å². The minimum atomic E-state index is -4.63. The lowest BCUT2D eigenvalue weighted by atomic mass is 9.82. The number of ether oxygens (including phenoxy) is 2. The van der Waals surface area contributed by atoms with E-state index in [1.807, 2.05) is 30.3 Å². The van der Waals surface area contributed by atoms with Gasteiger partial charge >= 0.3 is 18.2 Å². The maximum Gasteiger partial charge on any atom is 0.424 e. The second kappa shape index (κ2) is 16.7. The number of carbonyl (C=O) groups is 4. The summed E-state index contributed by atoms with van der Waals surface area (Å²) < 4.78 is 50.1. The van der Waals surface area contributed by atoms with Crippen molar-refractivity contribution < 1.29 is 41.8 Å². The fourth-order valence-electron chi connectivity index (χ4n) is 5.22. The molecule has 0 aliphatic carbocycles. The van der Waals surface area contributed by atoms with Gasteiger partial charge in [-0.2, -0.15) is 13.2 Å². The summed E-state index contributed by atoms with van der Waals surface area (Å²) in [7, 11) is 0. The second-order valence-corrected chi connectivity index (χ2v) is 13.4. The number of alkyl carbamates (subject to hydrolysis) is 1. The number of hydrogen-bond donors (Lipinski definition) is 2. The normalized spacial score (nSPS) is 15.9. The van der Waals surface area contributed by atoms with Crippen LogP contribution in [0.15, 0.2) is 71.4 Å². The number of ketones is 1. The van der Waals surface area contributed by atoms with Crippen LogP contribution in [0.3, 0.4) is 0 Å². The van der Waals surface area contributed by atoms with Crippen molar-refractivity contribution in [1.82, 2.24) is 10.6 Å². The number of Topliss-reactive ketones (excluding diaryl/α,β-unsaturated/α-hetero) is 1. The Balaban J connectivity index is 1.88. The number of aliphatic imine (C=N–C) groups is 1. The van der Waals surface area contributed by atoms with Crippen LogP contribution in [0.25, 0.3) is 0 Å². The number of amides is 2. The van der Waals surface area contributed by atoms with Crippen molar-refractivity contribution in [3.8, 4) is 0 Å². The number of halogens is 3. The summed E-state index contributed by atoms with van der Waals surface area (Å²) >= 11 is 0. The zero-order valence-electron chi connectivity index (χ0n) is 29.2. The third-order valence-corrected chi connectivity index (χ3v) is 7.77. The Hall–Kier alpha value is -4.92. The molecule has 268 valence electrons. The van der Waals surface area contributed by atoms with Crippen LogP contribution in [0.4, 0.5) is 18.0 Å². The lowest BCUT2D eigenvalue weighted by molar-refractivity contribution is -0.146. The first-order valence-corrected chi connectivity index (χ1v) is 16.3. The summed E-state index contributed by atoms with van der Waals surface area (Å²) in [6, 6.07) is 15.1. The first-order chi connectivity index (χ1) is 23.3. The topological polar surface area (TPSA) is 123 Å². The number of aryl methyl sites for hydroxylation is 1. The van der Waals surface area contributed by atoms with E-state index in [1.165, 1.54) is 20.1 Å². The summed E-state index contributed by atoms with van der Waals surface area (Å²) in [4.78, 5) is 57.5. The van der Waals surface area contributed by atoms with E-state index < -0.39 is 64.5 Å². The van der Waals surface area contributed by atoms with Gasteiger partial charge in [-0.05, 0) is 84.9 Å². The van der Waals surface area contributed by atoms with Crippen LogP contribution in [0.5, 0.6) is 0 Å². The van der Waals surface area contributed by atoms with E-state index in [-0.39, 0.29) is 36.3 Å². The molecule has 0 bridgehead atoms. The molecule has 1 aliphatic rings. The maximum atomic E-state index is 14.0. The van der Waals surface area contributed by atoms with Crippen molar-refractivity contribution in [2.45, 2.75) is 96.5 Å². The predicted octanol–water partition coefficient (Wildman–Crippen LogP) is 6.86. The number of nitrogens with one attached hydrogen (secondary N) is 2. The van der Waals surface area contributed by atoms with E-state index in [9.17, 15) is 32.3 Å². The standard InChI is InChI=1S/C38H44F3N3O6/c1-8-49-33(46)31(26-17-19-28(20-18-26)38(39,40)41)27-21-22-42-30(23-27)24(2)32(45)29(16-12-15-25-13-10-9-11-14-25)43-34(47)37(6,7)44-35(48)50-36(3,4)5/h9-11,13-14,17,19,22-23,27,29,31H,2,8,12,15-16,21H2,1,3-7H3,(H,43,47)(H,44,48). The highest BCUT2D eigenvalue weighted by Gasteiger charge is 2.37. The van der Waals surface area contributed by atoms with Gasteiger partial charge < -0.3 is 20.1 Å². The largest absolute Gasteiger partial charge is 0.465 e. The molecule has 3 rings (SSSR count). The molecule has 3 unspecified atom stereocenters. The fraction of sp³-hybridized carbons (Fsp3) is 0.447. The van der Waals surface area contributed by atoms with E-state index in [0.29, 0.717) is 12.8 Å². The highest BCUT2D eigenvalue weighted by Crippen LogP contribution is 2.35. The molecule has 0 saturated carbocycles. The van der Waals surface area contributed by atoms with Gasteiger partial charge in [0.15, 0.2) is 5.78 Å². The van der Waals surface area contributed by atoms with Gasteiger partial charge in [-0.25, -0.2) is 4.79 Å². The lowest BCUT2D eigenvalue weighted by Gasteiger charge is -2.30. The molecule has 0 spiro atoms. The Kier molecular flexibility index (Phi) is 13.2. The summed E-state index contributed by atoms with van der Waals surface area (Å²) in [6.07, 6.45) is -0.804. The van der Waals surface area contributed by atoms with Crippen LogP contribution in [0, 0.1) is 18.1 Å². The average molecular weight is 696 g/mol. The molecule has 9 nitrogen and oxygen atoms in total. The SMILES string of the molecule is C=C(C(=O)C(CCCc1ccccc1)NC(=O)C(C)(C)NC(=O)OC(C)(C)C)C1=CC(C(C(=O)OCC)c2c#cc(C(F)(F)F)cc2)CC=N1. The molecular weight excluding hydrogens is 651 g/mol. The molecule has 2 N–H and O–H groups in total. The molecule has 2 amide bonds. The number of esters is 1. The van der Waals surface area contributed by atoms with Gasteiger partial charge in [0.25, 0.3) is 0 Å². The smallest absolute Gasteiger partial charge is 0.424 e. The van der Waals surface area contributed by atoms with E-state index in [1.54, 1.807) is 33.8 Å². The molecule has 50 heavy (non-hydrogen) atoms. The summed E-state index contributed by atoms with van der Waals surface area (Å²) in [5, 5.41) is 5.31. The van der Waals surface area contributed by atoms with Gasteiger partial charge in [0.1, 0.15) is 16.7 Å². The van der Waals surface area contributed by atoms with Gasteiger partial charge in [0.2, 0.25) is 5.91 Å². The van der Waals surface area contributed by atoms with E-state index in [0.717, 1.165) is 17.7 Å². The first kappa shape index (κ1) is 39.5. The molecule has 12 heteroatoms. The van der Waals surface area contributed by atoms with Gasteiger partial charge in [-0.15, -0.1) is 0 Å². The molecule has 0 saturated heterocycles. The van der Waals surface area contributed by atoms with Gasteiger partial charge in [0.05, 0.1) is 24.3 Å². The minimum absolute atomic E-state index is 0.0335. The predicted molar refractivity (Wildman–Crippen MR) is 182 cm³/mol. The number of benzene rings is 1. The molecule has 2 aromatic carbocycles. The Bertz CT molecular complexity index is 1590. The third kappa shape index (κ3) is 11.3. The zero-order chi connectivity index (χ0) is 37.3. The van der Waals surface area contributed by atoms with Crippen LogP contribution in [-0.4, -0.2) is 53.8 Å². The van der Waals surface area contributed by atoms with E-state index in [4.69, 9.17) is 9.47 Å². The maximum absolute atomic E-state index is 14.0. The molecular formula is C38H44F3N3O6. The van der Waals surface area contributed by atoms with Crippen molar-refractivity contribution >= 4 is 30.0 Å². The van der Waals surface area contributed by atoms with Crippen LogP contribution in [0.2, 0.25) is 0 Å². The Morgan fingerprint density at radius 3 is 2.28 bits per heavy atom. The van der Waals surface area contributed by atoms with Crippen molar-refractivity contribution in [2.75, 3.05) is 6.61 Å². The van der Waals surface area contributed by atoms with Crippen molar-refractivity contribution in [3.05, 3.63) is 95.2 Å². The van der Waals surface area contributed by atoms with E-state index >= 15 is 0 Å². The van der Waals surface area contributed by atoms with Crippen LogP contribution < -0.4 is 10.6 Å². The minimum Gasteiger partial charge on any atom is -0.465 e. The van der Waals surface area contributed by atoms with Crippen LogP contribution >= 0.6 is 0 Å². The number of nitrogens with zero attached hydrogens (tertiary/aromatic N) is 1. The molecule has 1 aliphatic heterocycles. The monoisotopic (exact) mass is 695 g/mol. The Labute approximate surface area is 291 Å². The second-order valence-electron chi connectivity index (χ2n) is 13.4. The lowest BCUT2D eigenvalue weighted by Crippen LogP contribution is -2.58. The molecule has 2 aromatic rings. The Morgan fingerprint density at radius 2 is 1.70 bits per heavy atom. The van der Waals surface area contributed by atoms with Crippen LogP contribution in [0.1, 0.15) is 83.4 Å². The first-order valence-electron chi connectivity index (χ1n) is 16.3. The number of hydrogen-bond acceptors (Lipinski definition) is 7. The number of allylic oxidation sites excluding steroid dienone is 2. The fourth-order valence-corrected chi connectivity index (χ4v) is 5.22. The highest BCUT2D eigenvalue weighted by molar-refractivity contribution is 6.05. The van der Waals surface area contributed by atoms with Crippen molar-refractivity contribution in [1.29, 1.82) is 0 Å². The average Bonchev–Trinajstić information content (AvgIpc) is 3.03. The van der Waals surface area contributed by atoms with Crippen molar-refractivity contribution in [2.24, 2.45) is 10.9 Å². The third-order valence-electron chi connectivity index (χ3n) is 7.77. The molecule has 0 fully saturated rings. The van der Waals surface area contributed by atoms with Gasteiger partial charge in [-0.3, -0.25) is 19.4 Å². The Morgan fingerprint density at radius 1 is 1.02 bits per heavy atom. The molecule has 0 aromatic heterocycles. The highest BCUT2D eigenvalue weighted by atomic mass is 19.4. The number of rotatable bonds is 14. The summed E-state index contributed by atoms with van der Waals surface area (Å²) in [5.74, 6) is -3.60. The zero-order valence-corrected chi connectivity index (χ0v) is 29.2.